The Morgan fingerprint density at radius 2 is 1.78 bits per heavy atom. The van der Waals surface area contributed by atoms with Gasteiger partial charge in [0.15, 0.2) is 17.3 Å². The number of ether oxygens (including phenoxy) is 3. The van der Waals surface area contributed by atoms with Gasteiger partial charge in [0.05, 0.1) is 33.0 Å². The van der Waals surface area contributed by atoms with Crippen molar-refractivity contribution in [1.29, 1.82) is 0 Å². The zero-order valence-corrected chi connectivity index (χ0v) is 18.9. The molecule has 32 heavy (non-hydrogen) atoms. The molecule has 0 aliphatic heterocycles. The van der Waals surface area contributed by atoms with Gasteiger partial charge in [-0.15, -0.1) is 0 Å². The first-order chi connectivity index (χ1) is 15.6. The Morgan fingerprint density at radius 1 is 1.00 bits per heavy atom. The second-order valence-corrected chi connectivity index (χ2v) is 7.46. The highest BCUT2D eigenvalue weighted by Gasteiger charge is 2.21. The van der Waals surface area contributed by atoms with E-state index in [2.05, 4.69) is 10.3 Å². The highest BCUT2D eigenvalue weighted by atomic mass is 35.5. The van der Waals surface area contributed by atoms with Crippen LogP contribution in [-0.4, -0.2) is 47.4 Å². The first kappa shape index (κ1) is 21.7. The van der Waals surface area contributed by atoms with Gasteiger partial charge in [0.1, 0.15) is 11.3 Å². The Morgan fingerprint density at radius 3 is 2.44 bits per heavy atom. The summed E-state index contributed by atoms with van der Waals surface area (Å²) in [6.07, 6.45) is 6.42. The fraction of sp³-hybridized carbons (Fsp3) is 0.261. The number of methoxy groups -OCH3 is 3. The summed E-state index contributed by atoms with van der Waals surface area (Å²) in [6, 6.07) is 9.27. The third-order valence-electron chi connectivity index (χ3n) is 5.04. The van der Waals surface area contributed by atoms with Gasteiger partial charge in [0.2, 0.25) is 5.75 Å². The Bertz CT molecular complexity index is 1200. The molecule has 0 spiro atoms. The summed E-state index contributed by atoms with van der Waals surface area (Å²) in [5.41, 5.74) is 1.47. The predicted octanol–water partition coefficient (Wildman–Crippen LogP) is 4.67. The Balaban J connectivity index is 1.78. The molecular weight excluding hydrogens is 430 g/mol. The molecule has 0 saturated carbocycles. The molecule has 1 N–H and O–H groups in total. The van der Waals surface area contributed by atoms with E-state index in [1.807, 2.05) is 41.1 Å². The standard InChI is InChI=1S/C23H24ClN5O3/c1-30-18-13-17-19(21(32-3)20(18)31-2)27-22(15-5-7-16(24)8-6-15)28-23(17)26-9-4-11-29-12-10-25-14-29/h5-8,10,12-14H,4,9,11H2,1-3H3,(H,26,27,28). The van der Waals surface area contributed by atoms with Gasteiger partial charge < -0.3 is 24.1 Å². The van der Waals surface area contributed by atoms with Crippen LogP contribution in [0.1, 0.15) is 6.42 Å². The number of imidazole rings is 1. The minimum absolute atomic E-state index is 0.481. The summed E-state index contributed by atoms with van der Waals surface area (Å²) in [7, 11) is 4.74. The minimum atomic E-state index is 0.481. The zero-order chi connectivity index (χ0) is 22.5. The molecule has 4 rings (SSSR count). The van der Waals surface area contributed by atoms with E-state index < -0.39 is 0 Å². The summed E-state index contributed by atoms with van der Waals surface area (Å²) < 4.78 is 18.8. The molecule has 0 saturated heterocycles. The van der Waals surface area contributed by atoms with Crippen molar-refractivity contribution in [3.8, 4) is 28.6 Å². The van der Waals surface area contributed by atoms with Crippen LogP contribution in [0.2, 0.25) is 5.02 Å². The molecule has 0 unspecified atom stereocenters. The van der Waals surface area contributed by atoms with Crippen molar-refractivity contribution in [2.75, 3.05) is 33.2 Å². The van der Waals surface area contributed by atoms with Crippen LogP contribution in [0.15, 0.2) is 49.1 Å². The maximum absolute atomic E-state index is 6.06. The predicted molar refractivity (Wildman–Crippen MR) is 125 cm³/mol. The van der Waals surface area contributed by atoms with Gasteiger partial charge >= 0.3 is 0 Å². The van der Waals surface area contributed by atoms with Gasteiger partial charge in [-0.2, -0.15) is 0 Å². The highest BCUT2D eigenvalue weighted by Crippen LogP contribution is 2.44. The van der Waals surface area contributed by atoms with Crippen LogP contribution < -0.4 is 19.5 Å². The first-order valence-corrected chi connectivity index (χ1v) is 10.5. The Kier molecular flexibility index (Phi) is 6.61. The smallest absolute Gasteiger partial charge is 0.205 e. The maximum Gasteiger partial charge on any atom is 0.205 e. The van der Waals surface area contributed by atoms with Crippen molar-refractivity contribution >= 4 is 28.3 Å². The molecule has 4 aromatic rings. The van der Waals surface area contributed by atoms with E-state index in [-0.39, 0.29) is 0 Å². The van der Waals surface area contributed by atoms with E-state index in [9.17, 15) is 0 Å². The second kappa shape index (κ2) is 9.74. The number of rotatable bonds is 9. The van der Waals surface area contributed by atoms with E-state index in [0.717, 1.165) is 23.9 Å². The fourth-order valence-corrected chi connectivity index (χ4v) is 3.61. The number of hydrogen-bond donors (Lipinski definition) is 1. The molecule has 2 aromatic heterocycles. The number of halogens is 1. The van der Waals surface area contributed by atoms with Crippen molar-refractivity contribution < 1.29 is 14.2 Å². The molecule has 0 aliphatic rings. The van der Waals surface area contributed by atoms with Crippen molar-refractivity contribution in [1.82, 2.24) is 19.5 Å². The molecule has 0 aliphatic carbocycles. The summed E-state index contributed by atoms with van der Waals surface area (Å²) >= 11 is 6.06. The van der Waals surface area contributed by atoms with Crippen LogP contribution in [0.4, 0.5) is 5.82 Å². The minimum Gasteiger partial charge on any atom is -0.493 e. The average Bonchev–Trinajstić information content (AvgIpc) is 3.34. The normalized spacial score (nSPS) is 10.9. The molecule has 2 heterocycles. The van der Waals surface area contributed by atoms with Crippen molar-refractivity contribution in [2.24, 2.45) is 0 Å². The number of benzene rings is 2. The number of nitrogens with zero attached hydrogens (tertiary/aromatic N) is 4. The third-order valence-corrected chi connectivity index (χ3v) is 5.29. The van der Waals surface area contributed by atoms with E-state index in [0.29, 0.717) is 46.0 Å². The molecule has 2 aromatic carbocycles. The van der Waals surface area contributed by atoms with Crippen LogP contribution in [-0.2, 0) is 6.54 Å². The lowest BCUT2D eigenvalue weighted by atomic mass is 10.1. The summed E-state index contributed by atoms with van der Waals surface area (Å²) in [5, 5.41) is 4.88. The fourth-order valence-electron chi connectivity index (χ4n) is 3.48. The van der Waals surface area contributed by atoms with Crippen molar-refractivity contribution in [3.63, 3.8) is 0 Å². The van der Waals surface area contributed by atoms with Crippen LogP contribution in [0.3, 0.4) is 0 Å². The van der Waals surface area contributed by atoms with Crippen molar-refractivity contribution in [3.05, 3.63) is 54.1 Å². The highest BCUT2D eigenvalue weighted by molar-refractivity contribution is 6.30. The number of aromatic nitrogens is 4. The number of fused-ring (bicyclic) bond motifs is 1. The van der Waals surface area contributed by atoms with E-state index in [1.54, 1.807) is 33.9 Å². The zero-order valence-electron chi connectivity index (χ0n) is 18.1. The Hall–Kier alpha value is -3.52. The Labute approximate surface area is 191 Å². The van der Waals surface area contributed by atoms with Gasteiger partial charge in [0, 0.05) is 36.1 Å². The lowest BCUT2D eigenvalue weighted by molar-refractivity contribution is 0.327. The van der Waals surface area contributed by atoms with Gasteiger partial charge in [-0.05, 0) is 36.8 Å². The molecule has 0 atom stereocenters. The molecule has 0 amide bonds. The molecule has 0 radical (unpaired) electrons. The SMILES string of the molecule is COc1cc2c(NCCCn3ccnc3)nc(-c3ccc(Cl)cc3)nc2c(OC)c1OC. The second-order valence-electron chi connectivity index (χ2n) is 7.03. The van der Waals surface area contributed by atoms with Gasteiger partial charge in [0.25, 0.3) is 0 Å². The van der Waals surface area contributed by atoms with Crippen LogP contribution in [0, 0.1) is 0 Å². The first-order valence-electron chi connectivity index (χ1n) is 10.1. The lowest BCUT2D eigenvalue weighted by Crippen LogP contribution is -2.09. The van der Waals surface area contributed by atoms with Gasteiger partial charge in [-0.3, -0.25) is 0 Å². The van der Waals surface area contributed by atoms with Gasteiger partial charge in [-0.1, -0.05) is 11.6 Å². The average molecular weight is 454 g/mol. The number of hydrogen-bond acceptors (Lipinski definition) is 7. The largest absolute Gasteiger partial charge is 0.493 e. The molecular formula is C23H24ClN5O3. The van der Waals surface area contributed by atoms with Gasteiger partial charge in [-0.25, -0.2) is 15.0 Å². The van der Waals surface area contributed by atoms with E-state index >= 15 is 0 Å². The molecule has 8 nitrogen and oxygen atoms in total. The number of anilines is 1. The van der Waals surface area contributed by atoms with Crippen LogP contribution in [0.5, 0.6) is 17.2 Å². The number of aryl methyl sites for hydroxylation is 1. The molecule has 0 bridgehead atoms. The summed E-state index contributed by atoms with van der Waals surface area (Å²) in [6.45, 7) is 1.56. The lowest BCUT2D eigenvalue weighted by Gasteiger charge is -2.17. The van der Waals surface area contributed by atoms with Crippen LogP contribution >= 0.6 is 11.6 Å². The van der Waals surface area contributed by atoms with E-state index in [4.69, 9.17) is 35.8 Å². The summed E-state index contributed by atoms with van der Waals surface area (Å²) in [5.74, 6) is 2.75. The maximum atomic E-state index is 6.06. The molecule has 0 fully saturated rings. The van der Waals surface area contributed by atoms with Crippen LogP contribution in [0.25, 0.3) is 22.3 Å². The molecule has 166 valence electrons. The quantitative estimate of drug-likeness (QED) is 0.368. The topological polar surface area (TPSA) is 83.3 Å². The van der Waals surface area contributed by atoms with E-state index in [1.165, 1.54) is 0 Å². The monoisotopic (exact) mass is 453 g/mol. The summed E-state index contributed by atoms with van der Waals surface area (Å²) in [4.78, 5) is 13.7. The number of nitrogens with one attached hydrogen (secondary N) is 1. The van der Waals surface area contributed by atoms with Crippen molar-refractivity contribution in [2.45, 2.75) is 13.0 Å². The third kappa shape index (κ3) is 4.40. The molecule has 9 heteroatoms.